The van der Waals surface area contributed by atoms with E-state index in [9.17, 15) is 27.9 Å². The summed E-state index contributed by atoms with van der Waals surface area (Å²) in [5.41, 5.74) is 1.06. The Morgan fingerprint density at radius 3 is 2.19 bits per heavy atom. The third kappa shape index (κ3) is 4.99. The highest BCUT2D eigenvalue weighted by atomic mass is 19.4. The number of halogens is 3. The molecular weight excluding hydrogens is 361 g/mol. The van der Waals surface area contributed by atoms with Crippen LogP contribution in [0, 0.1) is 6.92 Å². The third-order valence-electron chi connectivity index (χ3n) is 4.22. The molecule has 2 aromatic rings. The monoisotopic (exact) mass is 380 g/mol. The maximum atomic E-state index is 12.6. The maximum absolute atomic E-state index is 12.6. The van der Waals surface area contributed by atoms with Crippen molar-refractivity contribution < 1.29 is 27.9 Å². The van der Waals surface area contributed by atoms with Crippen LogP contribution in [0.15, 0.2) is 42.5 Å². The highest BCUT2D eigenvalue weighted by Crippen LogP contribution is 2.30. The van der Waals surface area contributed by atoms with Gasteiger partial charge in [-0.2, -0.15) is 13.2 Å². The van der Waals surface area contributed by atoms with Crippen LogP contribution in [-0.4, -0.2) is 37.6 Å². The first-order valence-corrected chi connectivity index (χ1v) is 8.07. The summed E-state index contributed by atoms with van der Waals surface area (Å²) in [7, 11) is 1.74. The minimum atomic E-state index is -4.43. The molecular formula is C19H19F3N2O3. The van der Waals surface area contributed by atoms with E-state index in [2.05, 4.69) is 0 Å². The van der Waals surface area contributed by atoms with Gasteiger partial charge in [-0.15, -0.1) is 0 Å². The van der Waals surface area contributed by atoms with Gasteiger partial charge in [-0.3, -0.25) is 4.79 Å². The minimum Gasteiger partial charge on any atom is -0.478 e. The Kier molecular flexibility index (Phi) is 6.09. The molecule has 27 heavy (non-hydrogen) atoms. The summed E-state index contributed by atoms with van der Waals surface area (Å²) >= 11 is 0. The highest BCUT2D eigenvalue weighted by molar-refractivity contribution is 5.90. The Hall–Kier alpha value is -3.03. The number of carbonyl (C=O) groups is 2. The quantitative estimate of drug-likeness (QED) is 0.742. The third-order valence-corrected chi connectivity index (χ3v) is 4.22. The SMILES string of the molecule is Cc1ccc(N(C)CCN(C=O)c2ccc(C(F)(F)F)cc2)cc1C(=O)O. The Morgan fingerprint density at radius 1 is 1.07 bits per heavy atom. The molecule has 0 unspecified atom stereocenters. The smallest absolute Gasteiger partial charge is 0.416 e. The maximum Gasteiger partial charge on any atom is 0.416 e. The summed E-state index contributed by atoms with van der Waals surface area (Å²) in [5.74, 6) is -1.03. The Bertz CT molecular complexity index is 820. The van der Waals surface area contributed by atoms with Gasteiger partial charge in [0.2, 0.25) is 6.41 Å². The average Bonchev–Trinajstić information content (AvgIpc) is 2.61. The molecule has 0 heterocycles. The number of benzene rings is 2. The van der Waals surface area contributed by atoms with Crippen LogP contribution >= 0.6 is 0 Å². The number of carboxylic acids is 1. The van der Waals surface area contributed by atoms with E-state index < -0.39 is 17.7 Å². The van der Waals surface area contributed by atoms with Crippen LogP contribution in [0.4, 0.5) is 24.5 Å². The van der Waals surface area contributed by atoms with E-state index in [1.807, 2.05) is 0 Å². The van der Waals surface area contributed by atoms with Gasteiger partial charge in [0.25, 0.3) is 0 Å². The predicted molar refractivity (Wildman–Crippen MR) is 96.3 cm³/mol. The number of aryl methyl sites for hydroxylation is 1. The van der Waals surface area contributed by atoms with E-state index in [-0.39, 0.29) is 12.1 Å². The van der Waals surface area contributed by atoms with Crippen LogP contribution in [-0.2, 0) is 11.0 Å². The predicted octanol–water partition coefficient (Wildman–Crippen LogP) is 3.81. The second-order valence-electron chi connectivity index (χ2n) is 6.07. The largest absolute Gasteiger partial charge is 0.478 e. The van der Waals surface area contributed by atoms with Gasteiger partial charge in [0.1, 0.15) is 0 Å². The first kappa shape index (κ1) is 20.3. The lowest BCUT2D eigenvalue weighted by atomic mass is 10.1. The molecule has 2 aromatic carbocycles. The molecule has 5 nitrogen and oxygen atoms in total. The molecule has 0 fully saturated rings. The van der Waals surface area contributed by atoms with E-state index in [4.69, 9.17) is 0 Å². The van der Waals surface area contributed by atoms with Crippen molar-refractivity contribution in [3.05, 3.63) is 59.2 Å². The summed E-state index contributed by atoms with van der Waals surface area (Å²) in [6.07, 6.45) is -3.88. The van der Waals surface area contributed by atoms with Gasteiger partial charge >= 0.3 is 12.1 Å². The molecule has 0 saturated heterocycles. The fraction of sp³-hybridized carbons (Fsp3) is 0.263. The van der Waals surface area contributed by atoms with Crippen LogP contribution in [0.25, 0.3) is 0 Å². The number of alkyl halides is 3. The fourth-order valence-electron chi connectivity index (χ4n) is 2.55. The first-order valence-electron chi connectivity index (χ1n) is 8.07. The topological polar surface area (TPSA) is 60.9 Å². The number of carboxylic acid groups (broad SMARTS) is 1. The second-order valence-corrected chi connectivity index (χ2v) is 6.07. The molecule has 0 aliphatic heterocycles. The van der Waals surface area contributed by atoms with Crippen LogP contribution in [0.1, 0.15) is 21.5 Å². The van der Waals surface area contributed by atoms with Crippen molar-refractivity contribution in [1.82, 2.24) is 0 Å². The molecule has 0 aliphatic carbocycles. The molecule has 0 saturated carbocycles. The molecule has 0 aliphatic rings. The number of nitrogens with zero attached hydrogens (tertiary/aromatic N) is 2. The summed E-state index contributed by atoms with van der Waals surface area (Å²) in [6, 6.07) is 9.34. The summed E-state index contributed by atoms with van der Waals surface area (Å²) in [4.78, 5) is 25.6. The number of rotatable bonds is 7. The Morgan fingerprint density at radius 2 is 1.67 bits per heavy atom. The lowest BCUT2D eigenvalue weighted by Gasteiger charge is -2.24. The highest BCUT2D eigenvalue weighted by Gasteiger charge is 2.30. The normalized spacial score (nSPS) is 11.1. The number of anilines is 2. The van der Waals surface area contributed by atoms with E-state index >= 15 is 0 Å². The molecule has 8 heteroatoms. The molecule has 0 aromatic heterocycles. The first-order chi connectivity index (χ1) is 12.6. The van der Waals surface area contributed by atoms with Crippen molar-refractivity contribution in [1.29, 1.82) is 0 Å². The van der Waals surface area contributed by atoms with Crippen LogP contribution in [0.2, 0.25) is 0 Å². The molecule has 144 valence electrons. The van der Waals surface area contributed by atoms with Crippen molar-refractivity contribution >= 4 is 23.8 Å². The van der Waals surface area contributed by atoms with E-state index in [1.54, 1.807) is 37.1 Å². The molecule has 0 radical (unpaired) electrons. The number of amides is 1. The summed E-state index contributed by atoms with van der Waals surface area (Å²) in [6.45, 7) is 2.29. The number of hydrogen-bond donors (Lipinski definition) is 1. The van der Waals surface area contributed by atoms with Crippen LogP contribution in [0.5, 0.6) is 0 Å². The standard InChI is InChI=1S/C19H19F3N2O3/c1-13-3-6-16(11-17(13)18(26)27)23(2)9-10-24(12-25)15-7-4-14(5-8-15)19(20,21)22/h3-8,11-12H,9-10H2,1-2H3,(H,26,27). The lowest BCUT2D eigenvalue weighted by molar-refractivity contribution is -0.137. The van der Waals surface area contributed by atoms with Crippen molar-refractivity contribution in [3.63, 3.8) is 0 Å². The van der Waals surface area contributed by atoms with Gasteiger partial charge in [0.05, 0.1) is 11.1 Å². The lowest BCUT2D eigenvalue weighted by Crippen LogP contribution is -2.32. The molecule has 1 amide bonds. The second kappa shape index (κ2) is 8.11. The molecule has 0 bridgehead atoms. The summed E-state index contributed by atoms with van der Waals surface area (Å²) < 4.78 is 37.9. The van der Waals surface area contributed by atoms with E-state index in [0.29, 0.717) is 29.9 Å². The zero-order valence-corrected chi connectivity index (χ0v) is 14.8. The van der Waals surface area contributed by atoms with Crippen molar-refractivity contribution in [2.45, 2.75) is 13.1 Å². The van der Waals surface area contributed by atoms with Crippen LogP contribution in [0.3, 0.4) is 0 Å². The Balaban J connectivity index is 2.08. The molecule has 2 rings (SSSR count). The van der Waals surface area contributed by atoms with Gasteiger partial charge < -0.3 is 14.9 Å². The van der Waals surface area contributed by atoms with Gasteiger partial charge in [0.15, 0.2) is 0 Å². The molecule has 1 N–H and O–H groups in total. The molecule has 0 spiro atoms. The van der Waals surface area contributed by atoms with Crippen LogP contribution < -0.4 is 9.80 Å². The van der Waals surface area contributed by atoms with Gasteiger partial charge in [0, 0.05) is 31.5 Å². The van der Waals surface area contributed by atoms with Crippen molar-refractivity contribution in [2.24, 2.45) is 0 Å². The van der Waals surface area contributed by atoms with Gasteiger partial charge in [-0.1, -0.05) is 6.07 Å². The van der Waals surface area contributed by atoms with E-state index in [0.717, 1.165) is 12.1 Å². The average molecular weight is 380 g/mol. The number of hydrogen-bond acceptors (Lipinski definition) is 3. The zero-order valence-electron chi connectivity index (χ0n) is 14.8. The zero-order chi connectivity index (χ0) is 20.2. The fourth-order valence-corrected chi connectivity index (χ4v) is 2.55. The number of likely N-dealkylation sites (N-methyl/N-ethyl adjacent to an activating group) is 1. The molecule has 0 atom stereocenters. The Labute approximate surface area is 154 Å². The number of carbonyl (C=O) groups excluding carboxylic acids is 1. The van der Waals surface area contributed by atoms with Gasteiger partial charge in [-0.25, -0.2) is 4.79 Å². The summed E-state index contributed by atoms with van der Waals surface area (Å²) in [5, 5.41) is 9.20. The minimum absolute atomic E-state index is 0.189. The number of aromatic carboxylic acids is 1. The van der Waals surface area contributed by atoms with E-state index in [1.165, 1.54) is 17.0 Å². The van der Waals surface area contributed by atoms with Crippen molar-refractivity contribution in [2.75, 3.05) is 29.9 Å². The van der Waals surface area contributed by atoms with Crippen molar-refractivity contribution in [3.8, 4) is 0 Å². The van der Waals surface area contributed by atoms with Gasteiger partial charge in [-0.05, 0) is 48.9 Å².